The van der Waals surface area contributed by atoms with Gasteiger partial charge in [0.25, 0.3) is 0 Å². The van der Waals surface area contributed by atoms with E-state index in [-0.39, 0.29) is 81.7 Å². The number of hydrogen-bond donors (Lipinski definition) is 11. The molecule has 1 aliphatic heterocycles. The molecule has 22 heteroatoms. The molecule has 0 aliphatic carbocycles. The fraction of sp³-hybridized carbons (Fsp3) is 0.692. The van der Waals surface area contributed by atoms with Gasteiger partial charge in [0.1, 0.15) is 36.3 Å². The number of aliphatic imine (C=N–C) groups is 1. The van der Waals surface area contributed by atoms with Crippen LogP contribution in [0.25, 0.3) is 0 Å². The Morgan fingerprint density at radius 2 is 1.31 bits per heavy atom. The molecule has 7 amide bonds. The van der Waals surface area contributed by atoms with Crippen LogP contribution in [0.5, 0.6) is 0 Å². The summed E-state index contributed by atoms with van der Waals surface area (Å²) in [6, 6.07) is -8.31. The van der Waals surface area contributed by atoms with Crippen LogP contribution in [0.15, 0.2) is 17.5 Å². The molecule has 0 saturated carbocycles. The number of nitrogens with zero attached hydrogens (tertiary/aromatic N) is 3. The smallest absolute Gasteiger partial charge is 0.326 e. The number of imidazole rings is 1. The second-order valence-corrected chi connectivity index (χ2v) is 16.7. The molecular weight excluding hydrogens is 795 g/mol. The largest absolute Gasteiger partial charge is 0.480 e. The maximum absolute atomic E-state index is 14.2. The second kappa shape index (κ2) is 25.1. The number of carbonyl (C=O) groups excluding carboxylic acids is 7. The van der Waals surface area contributed by atoms with Gasteiger partial charge in [-0.2, -0.15) is 0 Å². The molecule has 15 N–H and O–H groups in total. The molecule has 1 aromatic rings. The number of guanidine groups is 1. The van der Waals surface area contributed by atoms with E-state index in [9.17, 15) is 43.5 Å². The van der Waals surface area contributed by atoms with Crippen molar-refractivity contribution in [2.75, 3.05) is 13.1 Å². The number of hydrogen-bond acceptors (Lipinski definition) is 11. The summed E-state index contributed by atoms with van der Waals surface area (Å²) >= 11 is 0. The van der Waals surface area contributed by atoms with Gasteiger partial charge < -0.3 is 64.5 Å². The zero-order valence-electron chi connectivity index (χ0n) is 36.1. The number of aliphatic carboxylic acids is 1. The molecule has 1 aliphatic rings. The van der Waals surface area contributed by atoms with Gasteiger partial charge >= 0.3 is 5.97 Å². The number of primary amides is 1. The van der Waals surface area contributed by atoms with Gasteiger partial charge in [0.2, 0.25) is 41.4 Å². The normalized spacial score (nSPS) is 16.8. The number of H-pyrrole nitrogens is 1. The van der Waals surface area contributed by atoms with E-state index in [0.29, 0.717) is 12.1 Å². The minimum Gasteiger partial charge on any atom is -0.480 e. The first-order chi connectivity index (χ1) is 28.6. The van der Waals surface area contributed by atoms with Crippen molar-refractivity contribution in [1.29, 1.82) is 0 Å². The number of likely N-dealkylation sites (tertiary alicyclic amines) is 1. The van der Waals surface area contributed by atoms with Crippen molar-refractivity contribution >= 4 is 53.3 Å². The van der Waals surface area contributed by atoms with Gasteiger partial charge in [0, 0.05) is 31.4 Å². The molecule has 2 heterocycles. The van der Waals surface area contributed by atoms with Crippen LogP contribution < -0.4 is 49.5 Å². The van der Waals surface area contributed by atoms with Crippen molar-refractivity contribution in [2.45, 2.75) is 142 Å². The fourth-order valence-electron chi connectivity index (χ4n) is 6.86. The second-order valence-electron chi connectivity index (χ2n) is 16.7. The number of carboxylic acid groups (broad SMARTS) is 1. The highest BCUT2D eigenvalue weighted by Gasteiger charge is 2.40. The topological polar surface area (TPSA) is 365 Å². The van der Waals surface area contributed by atoms with Crippen molar-refractivity contribution in [2.24, 2.45) is 45.7 Å². The molecule has 0 unspecified atom stereocenters. The molecule has 1 fully saturated rings. The monoisotopic (exact) mass is 862 g/mol. The standard InChI is InChI=1S/C39H67N13O9/c1-20(2)13-26(33(55)47-25(38(60)61)9-7-11-45-39(42)43)49-34(56)27(14-21(3)4)50-36(58)30-10-8-12-52(30)37(59)29(15-22(5)6)51-35(57)28(17-31(41)53)48-32(54)24(40)16-23-18-44-19-46-23/h18-22,24-30H,7-17,40H2,1-6H3,(H2,41,53)(H,44,46)(H,47,55)(H,48,54)(H,49,56)(H,50,58)(H,51,57)(H,60,61)(H4,42,43,45)/t24-,25-,26-,27-,28-,29-,30-/m0/s1. The molecule has 7 atom stereocenters. The van der Waals surface area contributed by atoms with Gasteiger partial charge in [-0.05, 0) is 62.7 Å². The van der Waals surface area contributed by atoms with Gasteiger partial charge in [0.05, 0.1) is 18.8 Å². The van der Waals surface area contributed by atoms with Crippen molar-refractivity contribution in [3.8, 4) is 0 Å². The van der Waals surface area contributed by atoms with E-state index in [4.69, 9.17) is 22.9 Å². The average molecular weight is 862 g/mol. The molecule has 0 radical (unpaired) electrons. The Kier molecular flexibility index (Phi) is 21.1. The Labute approximate surface area is 356 Å². The predicted molar refractivity (Wildman–Crippen MR) is 224 cm³/mol. The van der Waals surface area contributed by atoms with Gasteiger partial charge in [-0.3, -0.25) is 38.6 Å². The number of carboxylic acids is 1. The van der Waals surface area contributed by atoms with Gasteiger partial charge in [-0.1, -0.05) is 41.5 Å². The molecule has 0 aromatic carbocycles. The Morgan fingerprint density at radius 1 is 0.787 bits per heavy atom. The lowest BCUT2D eigenvalue weighted by atomic mass is 9.99. The highest BCUT2D eigenvalue weighted by atomic mass is 16.4. The van der Waals surface area contributed by atoms with Crippen molar-refractivity contribution < 1.29 is 43.5 Å². The van der Waals surface area contributed by atoms with Gasteiger partial charge in [0.15, 0.2) is 5.96 Å². The van der Waals surface area contributed by atoms with Crippen LogP contribution >= 0.6 is 0 Å². The van der Waals surface area contributed by atoms with Crippen molar-refractivity contribution in [3.05, 3.63) is 18.2 Å². The average Bonchev–Trinajstić information content (AvgIpc) is 3.86. The summed E-state index contributed by atoms with van der Waals surface area (Å²) in [5.74, 6) is -6.81. The maximum Gasteiger partial charge on any atom is 0.326 e. The first kappa shape index (κ1) is 51.3. The van der Waals surface area contributed by atoms with E-state index >= 15 is 0 Å². The Balaban J connectivity index is 2.25. The molecule has 0 bridgehead atoms. The third-order valence-corrected chi connectivity index (χ3v) is 9.77. The van der Waals surface area contributed by atoms with Crippen LogP contribution in [-0.2, 0) is 44.8 Å². The fourth-order valence-corrected chi connectivity index (χ4v) is 6.86. The third-order valence-electron chi connectivity index (χ3n) is 9.77. The highest BCUT2D eigenvalue weighted by Crippen LogP contribution is 2.22. The minimum atomic E-state index is -1.46. The summed E-state index contributed by atoms with van der Waals surface area (Å²) in [6.45, 7) is 11.3. The predicted octanol–water partition coefficient (Wildman–Crippen LogP) is -2.15. The number of nitrogens with one attached hydrogen (secondary N) is 6. The molecule has 2 rings (SSSR count). The van der Waals surface area contributed by atoms with Gasteiger partial charge in [-0.15, -0.1) is 0 Å². The zero-order valence-corrected chi connectivity index (χ0v) is 36.1. The van der Waals surface area contributed by atoms with Crippen LogP contribution in [0, 0.1) is 17.8 Å². The van der Waals surface area contributed by atoms with Crippen LogP contribution in [0.1, 0.15) is 98.6 Å². The molecule has 22 nitrogen and oxygen atoms in total. The van der Waals surface area contributed by atoms with Crippen molar-refractivity contribution in [3.63, 3.8) is 0 Å². The minimum absolute atomic E-state index is 0.0249. The molecule has 1 saturated heterocycles. The SMILES string of the molecule is CC(C)C[C@H](NC(=O)[C@H](CC(C)C)NC(=O)[C@@H]1CCCN1C(=O)[C@H](CC(C)C)NC(=O)[C@H](CC(N)=O)NC(=O)[C@@H](N)Cc1cnc[nH]1)C(=O)N[C@@H](CCCN=C(N)N)C(=O)O. The highest BCUT2D eigenvalue weighted by molar-refractivity contribution is 5.98. The molecule has 61 heavy (non-hydrogen) atoms. The van der Waals surface area contributed by atoms with E-state index in [1.165, 1.54) is 17.4 Å². The molecule has 1 aromatic heterocycles. The van der Waals surface area contributed by atoms with Gasteiger partial charge in [-0.25, -0.2) is 9.78 Å². The number of amides is 7. The van der Waals surface area contributed by atoms with Crippen LogP contribution in [0.3, 0.4) is 0 Å². The third kappa shape index (κ3) is 18.2. The number of nitrogens with two attached hydrogens (primary N) is 4. The van der Waals surface area contributed by atoms with E-state index in [0.717, 1.165) is 0 Å². The number of carbonyl (C=O) groups is 8. The van der Waals surface area contributed by atoms with E-state index in [2.05, 4.69) is 41.5 Å². The molecule has 0 spiro atoms. The Hall–Kier alpha value is -5.80. The van der Waals surface area contributed by atoms with E-state index in [1.54, 1.807) is 0 Å². The first-order valence-corrected chi connectivity index (χ1v) is 20.7. The Bertz CT molecular complexity index is 1680. The summed E-state index contributed by atoms with van der Waals surface area (Å²) in [7, 11) is 0. The lowest BCUT2D eigenvalue weighted by Crippen LogP contribution is -2.60. The maximum atomic E-state index is 14.2. The Morgan fingerprint density at radius 3 is 1.84 bits per heavy atom. The number of aromatic nitrogens is 2. The zero-order chi connectivity index (χ0) is 46.0. The molecular formula is C39H67N13O9. The summed E-state index contributed by atoms with van der Waals surface area (Å²) in [5.41, 5.74) is 22.7. The number of aromatic amines is 1. The summed E-state index contributed by atoms with van der Waals surface area (Å²) in [5, 5.41) is 22.9. The number of rotatable bonds is 26. The first-order valence-electron chi connectivity index (χ1n) is 20.7. The van der Waals surface area contributed by atoms with Crippen molar-refractivity contribution in [1.82, 2.24) is 41.5 Å². The lowest BCUT2D eigenvalue weighted by molar-refractivity contribution is -0.143. The summed E-state index contributed by atoms with van der Waals surface area (Å²) < 4.78 is 0. The summed E-state index contributed by atoms with van der Waals surface area (Å²) in [6.07, 6.45) is 3.85. The quantitative estimate of drug-likeness (QED) is 0.0269. The van der Waals surface area contributed by atoms with Crippen LogP contribution in [-0.4, -0.2) is 129 Å². The van der Waals surface area contributed by atoms with E-state index < -0.39 is 96.0 Å². The summed E-state index contributed by atoms with van der Waals surface area (Å²) in [4.78, 5) is 118. The van der Waals surface area contributed by atoms with Crippen LogP contribution in [0.4, 0.5) is 0 Å². The molecule has 342 valence electrons. The van der Waals surface area contributed by atoms with Crippen LogP contribution in [0.2, 0.25) is 0 Å². The lowest BCUT2D eigenvalue weighted by Gasteiger charge is -2.32. The van der Waals surface area contributed by atoms with E-state index in [1.807, 2.05) is 41.5 Å².